The number of ether oxygens (including phenoxy) is 2. The molecule has 174 valence electrons. The maximum absolute atomic E-state index is 5.63. The smallest absolute Gasteiger partial charge is 0.379 e. The van der Waals surface area contributed by atoms with Crippen molar-refractivity contribution in [1.29, 1.82) is 0 Å². The van der Waals surface area contributed by atoms with E-state index in [2.05, 4.69) is 6.92 Å². The number of hydrogen-bond acceptors (Lipinski definition) is 5. The van der Waals surface area contributed by atoms with Crippen LogP contribution < -0.4 is 0 Å². The van der Waals surface area contributed by atoms with Gasteiger partial charge in [0.2, 0.25) is 0 Å². The van der Waals surface area contributed by atoms with Crippen molar-refractivity contribution < 1.29 is 22.8 Å². The van der Waals surface area contributed by atoms with Gasteiger partial charge in [0.1, 0.15) is 0 Å². The van der Waals surface area contributed by atoms with E-state index in [9.17, 15) is 0 Å². The SMILES string of the molecule is C.C.CCCCCCCCCCCCOCCOCCC[Si](OC)(OC)OC. The third-order valence-electron chi connectivity index (χ3n) is 4.72. The van der Waals surface area contributed by atoms with Crippen LogP contribution in [0.1, 0.15) is 92.4 Å². The minimum Gasteiger partial charge on any atom is -0.379 e. The average Bonchev–Trinajstić information content (AvgIpc) is 2.68. The molecule has 0 bridgehead atoms. The molecule has 5 nitrogen and oxygen atoms in total. The maximum atomic E-state index is 5.63. The second-order valence-electron chi connectivity index (χ2n) is 6.81. The van der Waals surface area contributed by atoms with E-state index >= 15 is 0 Å². The molecule has 6 heteroatoms. The predicted octanol–water partition coefficient (Wildman–Crippen LogP) is 6.48. The normalized spacial score (nSPS) is 11.1. The van der Waals surface area contributed by atoms with Gasteiger partial charge in [0.25, 0.3) is 0 Å². The summed E-state index contributed by atoms with van der Waals surface area (Å²) >= 11 is 0. The van der Waals surface area contributed by atoms with Crippen LogP contribution in [-0.4, -0.2) is 56.6 Å². The van der Waals surface area contributed by atoms with Crippen molar-refractivity contribution in [1.82, 2.24) is 0 Å². The van der Waals surface area contributed by atoms with Crippen molar-refractivity contribution in [3.63, 3.8) is 0 Å². The Morgan fingerprint density at radius 1 is 0.500 bits per heavy atom. The zero-order valence-electron chi connectivity index (χ0n) is 17.9. The topological polar surface area (TPSA) is 46.2 Å². The highest BCUT2D eigenvalue weighted by atomic mass is 28.4. The standard InChI is InChI=1S/C20H44O5Si.2CH4/c1-5-6-7-8-9-10-11-12-13-14-16-24-18-19-25-17-15-20-26(21-2,22-3)23-4;;/h5-20H2,1-4H3;2*1H4. The fraction of sp³-hybridized carbons (Fsp3) is 1.00. The quantitative estimate of drug-likeness (QED) is 0.156. The van der Waals surface area contributed by atoms with E-state index in [-0.39, 0.29) is 14.9 Å². The van der Waals surface area contributed by atoms with Crippen LogP contribution >= 0.6 is 0 Å². The van der Waals surface area contributed by atoms with Crippen molar-refractivity contribution in [3.05, 3.63) is 0 Å². The van der Waals surface area contributed by atoms with E-state index in [1.54, 1.807) is 21.3 Å². The highest BCUT2D eigenvalue weighted by molar-refractivity contribution is 6.60. The largest absolute Gasteiger partial charge is 0.500 e. The fourth-order valence-electron chi connectivity index (χ4n) is 2.96. The lowest BCUT2D eigenvalue weighted by molar-refractivity contribution is 0.0444. The molecule has 0 saturated heterocycles. The van der Waals surface area contributed by atoms with Crippen LogP contribution in [0.25, 0.3) is 0 Å². The zero-order valence-corrected chi connectivity index (χ0v) is 18.9. The molecular weight excluding hydrogens is 372 g/mol. The van der Waals surface area contributed by atoms with Crippen LogP contribution in [0.2, 0.25) is 6.04 Å². The van der Waals surface area contributed by atoms with Gasteiger partial charge in [-0.05, 0) is 12.8 Å². The Hall–Kier alpha value is 0.0169. The minimum atomic E-state index is -2.44. The van der Waals surface area contributed by atoms with E-state index in [1.165, 1.54) is 64.2 Å². The molecule has 0 rings (SSSR count). The van der Waals surface area contributed by atoms with E-state index < -0.39 is 8.80 Å². The summed E-state index contributed by atoms with van der Waals surface area (Å²) in [6.45, 7) is 5.14. The second kappa shape index (κ2) is 25.1. The maximum Gasteiger partial charge on any atom is 0.500 e. The average molecular weight is 425 g/mol. The molecule has 0 N–H and O–H groups in total. The molecule has 0 aromatic heterocycles. The van der Waals surface area contributed by atoms with E-state index in [4.69, 9.17) is 22.8 Å². The van der Waals surface area contributed by atoms with E-state index in [0.717, 1.165) is 19.1 Å². The monoisotopic (exact) mass is 424 g/mol. The lowest BCUT2D eigenvalue weighted by atomic mass is 10.1. The van der Waals surface area contributed by atoms with E-state index in [0.29, 0.717) is 19.8 Å². The summed E-state index contributed by atoms with van der Waals surface area (Å²) in [5.74, 6) is 0. The Balaban J connectivity index is -0.00000312. The Bertz CT molecular complexity index is 267. The van der Waals surface area contributed by atoms with Crippen molar-refractivity contribution in [2.45, 2.75) is 98.5 Å². The van der Waals surface area contributed by atoms with Crippen LogP contribution in [0.5, 0.6) is 0 Å². The van der Waals surface area contributed by atoms with E-state index in [1.807, 2.05) is 0 Å². The first-order chi connectivity index (χ1) is 12.7. The summed E-state index contributed by atoms with van der Waals surface area (Å²) in [5, 5.41) is 0. The molecule has 0 unspecified atom stereocenters. The van der Waals surface area contributed by atoms with Gasteiger partial charge in [0.05, 0.1) is 13.2 Å². The molecule has 28 heavy (non-hydrogen) atoms. The first-order valence-corrected chi connectivity index (χ1v) is 12.5. The highest BCUT2D eigenvalue weighted by Crippen LogP contribution is 2.14. The van der Waals surface area contributed by atoms with Gasteiger partial charge in [-0.1, -0.05) is 79.6 Å². The Morgan fingerprint density at radius 3 is 1.32 bits per heavy atom. The summed E-state index contributed by atoms with van der Waals surface area (Å²) in [6, 6.07) is 0.774. The molecule has 0 aromatic rings. The summed E-state index contributed by atoms with van der Waals surface area (Å²) in [5.41, 5.74) is 0. The lowest BCUT2D eigenvalue weighted by Crippen LogP contribution is -2.42. The van der Waals surface area contributed by atoms with Gasteiger partial charge in [0.15, 0.2) is 0 Å². The highest BCUT2D eigenvalue weighted by Gasteiger charge is 2.36. The van der Waals surface area contributed by atoms with Gasteiger partial charge in [0, 0.05) is 40.6 Å². The summed E-state index contributed by atoms with van der Waals surface area (Å²) < 4.78 is 27.4. The van der Waals surface area contributed by atoms with Crippen LogP contribution in [0, 0.1) is 0 Å². The van der Waals surface area contributed by atoms with Gasteiger partial charge < -0.3 is 22.8 Å². The van der Waals surface area contributed by atoms with Crippen molar-refractivity contribution in [3.8, 4) is 0 Å². The molecule has 0 radical (unpaired) electrons. The van der Waals surface area contributed by atoms with Crippen LogP contribution in [0.3, 0.4) is 0 Å². The molecular formula is C22H52O5Si. The predicted molar refractivity (Wildman–Crippen MR) is 123 cm³/mol. The zero-order chi connectivity index (χ0) is 19.3. The molecule has 0 aliphatic rings. The van der Waals surface area contributed by atoms with Gasteiger partial charge >= 0.3 is 8.80 Å². The first kappa shape index (κ1) is 32.7. The minimum absolute atomic E-state index is 0. The molecule has 0 spiro atoms. The van der Waals surface area contributed by atoms with Crippen LogP contribution in [-0.2, 0) is 22.8 Å². The summed E-state index contributed by atoms with van der Waals surface area (Å²) in [4.78, 5) is 0. The van der Waals surface area contributed by atoms with Crippen molar-refractivity contribution in [2.75, 3.05) is 47.8 Å². The molecule has 0 saturated carbocycles. The molecule has 0 aliphatic heterocycles. The molecule has 0 fully saturated rings. The Morgan fingerprint density at radius 2 is 0.893 bits per heavy atom. The molecule has 0 atom stereocenters. The van der Waals surface area contributed by atoms with Gasteiger partial charge in [-0.25, -0.2) is 0 Å². The molecule has 0 amide bonds. The van der Waals surface area contributed by atoms with Crippen LogP contribution in [0.4, 0.5) is 0 Å². The fourth-order valence-corrected chi connectivity index (χ4v) is 4.65. The number of rotatable bonds is 21. The first-order valence-electron chi connectivity index (χ1n) is 10.6. The summed E-state index contributed by atoms with van der Waals surface area (Å²) in [6.07, 6.45) is 14.4. The Kier molecular flexibility index (Phi) is 29.2. The van der Waals surface area contributed by atoms with Crippen LogP contribution in [0.15, 0.2) is 0 Å². The summed E-state index contributed by atoms with van der Waals surface area (Å²) in [7, 11) is 2.48. The van der Waals surface area contributed by atoms with Crippen molar-refractivity contribution >= 4 is 8.80 Å². The molecule has 0 aliphatic carbocycles. The second-order valence-corrected chi connectivity index (χ2v) is 9.90. The lowest BCUT2D eigenvalue weighted by Gasteiger charge is -2.24. The third kappa shape index (κ3) is 19.3. The Labute approximate surface area is 178 Å². The van der Waals surface area contributed by atoms with Gasteiger partial charge in [-0.15, -0.1) is 0 Å². The molecule has 0 heterocycles. The number of hydrogen-bond donors (Lipinski definition) is 0. The number of unbranched alkanes of at least 4 members (excludes halogenated alkanes) is 9. The molecule has 0 aromatic carbocycles. The van der Waals surface area contributed by atoms with Gasteiger partial charge in [-0.2, -0.15) is 0 Å². The van der Waals surface area contributed by atoms with Gasteiger partial charge in [-0.3, -0.25) is 0 Å². The third-order valence-corrected chi connectivity index (χ3v) is 7.55. The van der Waals surface area contributed by atoms with Crippen molar-refractivity contribution in [2.24, 2.45) is 0 Å².